The standard InChI is InChI=1S/C22H20N2O4S/c1-22(2,25)20-12-15(8-10-24-20)17-9-11-23-18-13-19(28-21(17)18)14-4-6-16(7-5-14)29(3,26)27/h4-13,25H,1-3H3. The number of sulfone groups is 1. The average molecular weight is 408 g/mol. The molecule has 0 radical (unpaired) electrons. The van der Waals surface area contributed by atoms with Crippen molar-refractivity contribution in [2.75, 3.05) is 6.26 Å². The van der Waals surface area contributed by atoms with Crippen LogP contribution >= 0.6 is 0 Å². The lowest BCUT2D eigenvalue weighted by Gasteiger charge is -2.17. The van der Waals surface area contributed by atoms with Crippen LogP contribution in [-0.2, 0) is 15.4 Å². The minimum absolute atomic E-state index is 0.257. The van der Waals surface area contributed by atoms with Crippen LogP contribution in [-0.4, -0.2) is 29.7 Å². The van der Waals surface area contributed by atoms with E-state index < -0.39 is 15.4 Å². The number of rotatable bonds is 4. The van der Waals surface area contributed by atoms with Crippen molar-refractivity contribution in [3.63, 3.8) is 0 Å². The third kappa shape index (κ3) is 3.79. The molecule has 1 N–H and O–H groups in total. The summed E-state index contributed by atoms with van der Waals surface area (Å²) in [6.07, 6.45) is 4.53. The smallest absolute Gasteiger partial charge is 0.175 e. The van der Waals surface area contributed by atoms with Gasteiger partial charge in [0.05, 0.1) is 10.6 Å². The zero-order valence-corrected chi connectivity index (χ0v) is 17.1. The fraction of sp³-hybridized carbons (Fsp3) is 0.182. The molecule has 6 nitrogen and oxygen atoms in total. The van der Waals surface area contributed by atoms with Gasteiger partial charge in [0.15, 0.2) is 15.4 Å². The molecule has 0 bridgehead atoms. The van der Waals surface area contributed by atoms with E-state index in [9.17, 15) is 13.5 Å². The molecule has 0 fully saturated rings. The number of fused-ring (bicyclic) bond motifs is 1. The first kappa shape index (κ1) is 19.3. The molecule has 148 valence electrons. The zero-order chi connectivity index (χ0) is 20.8. The Balaban J connectivity index is 1.81. The summed E-state index contributed by atoms with van der Waals surface area (Å²) < 4.78 is 29.4. The second kappa shape index (κ2) is 6.79. The molecule has 0 saturated carbocycles. The number of benzene rings is 1. The summed E-state index contributed by atoms with van der Waals surface area (Å²) in [6.45, 7) is 3.37. The highest BCUT2D eigenvalue weighted by Gasteiger charge is 2.19. The Morgan fingerprint density at radius 3 is 2.28 bits per heavy atom. The van der Waals surface area contributed by atoms with Gasteiger partial charge in [0.2, 0.25) is 0 Å². The Bertz CT molecular complexity index is 1300. The van der Waals surface area contributed by atoms with Gasteiger partial charge in [-0.2, -0.15) is 0 Å². The molecule has 4 rings (SSSR count). The van der Waals surface area contributed by atoms with Gasteiger partial charge in [-0.1, -0.05) is 0 Å². The van der Waals surface area contributed by atoms with Crippen LogP contribution in [0.15, 0.2) is 70.2 Å². The molecule has 1 aromatic carbocycles. The zero-order valence-electron chi connectivity index (χ0n) is 16.2. The second-order valence-corrected chi connectivity index (χ2v) is 9.48. The first-order valence-corrected chi connectivity index (χ1v) is 10.9. The van der Waals surface area contributed by atoms with Gasteiger partial charge in [0, 0.05) is 35.8 Å². The van der Waals surface area contributed by atoms with Crippen molar-refractivity contribution in [1.29, 1.82) is 0 Å². The van der Waals surface area contributed by atoms with Crippen LogP contribution in [0.1, 0.15) is 19.5 Å². The molecule has 29 heavy (non-hydrogen) atoms. The topological polar surface area (TPSA) is 93.3 Å². The van der Waals surface area contributed by atoms with E-state index in [2.05, 4.69) is 9.97 Å². The van der Waals surface area contributed by atoms with E-state index in [1.165, 1.54) is 6.26 Å². The van der Waals surface area contributed by atoms with Gasteiger partial charge in [0.25, 0.3) is 0 Å². The molecular weight excluding hydrogens is 388 g/mol. The first-order valence-electron chi connectivity index (χ1n) is 9.01. The molecule has 0 spiro atoms. The minimum atomic E-state index is -3.25. The molecule has 0 amide bonds. The Labute approximate surface area is 168 Å². The van der Waals surface area contributed by atoms with E-state index in [0.717, 1.165) is 16.7 Å². The molecule has 7 heteroatoms. The minimum Gasteiger partial charge on any atom is -0.454 e. The van der Waals surface area contributed by atoms with Crippen molar-refractivity contribution < 1.29 is 17.9 Å². The third-order valence-electron chi connectivity index (χ3n) is 4.68. The number of hydrogen-bond donors (Lipinski definition) is 1. The van der Waals surface area contributed by atoms with E-state index in [1.54, 1.807) is 50.5 Å². The summed E-state index contributed by atoms with van der Waals surface area (Å²) in [5.74, 6) is 0.594. The summed E-state index contributed by atoms with van der Waals surface area (Å²) >= 11 is 0. The van der Waals surface area contributed by atoms with Gasteiger partial charge in [-0.15, -0.1) is 0 Å². The molecule has 0 atom stereocenters. The number of furan rings is 1. The lowest BCUT2D eigenvalue weighted by Crippen LogP contribution is -2.17. The number of pyridine rings is 2. The second-order valence-electron chi connectivity index (χ2n) is 7.47. The highest BCUT2D eigenvalue weighted by molar-refractivity contribution is 7.90. The van der Waals surface area contributed by atoms with Crippen LogP contribution in [0, 0.1) is 0 Å². The SMILES string of the molecule is CC(C)(O)c1cc(-c2ccnc3cc(-c4ccc(S(C)(=O)=O)cc4)oc23)ccn1. The Hall–Kier alpha value is -3.03. The maximum atomic E-state index is 11.7. The predicted octanol–water partition coefficient (Wildman–Crippen LogP) is 4.19. The summed E-state index contributed by atoms with van der Waals surface area (Å²) in [5.41, 5.74) is 3.25. The van der Waals surface area contributed by atoms with E-state index in [-0.39, 0.29) is 4.90 Å². The van der Waals surface area contributed by atoms with E-state index >= 15 is 0 Å². The fourth-order valence-corrected chi connectivity index (χ4v) is 3.74. The van der Waals surface area contributed by atoms with E-state index in [1.807, 2.05) is 24.3 Å². The highest BCUT2D eigenvalue weighted by Crippen LogP contribution is 2.34. The molecule has 3 heterocycles. The summed E-state index contributed by atoms with van der Waals surface area (Å²) in [5, 5.41) is 10.3. The molecule has 0 aliphatic heterocycles. The van der Waals surface area contributed by atoms with Crippen molar-refractivity contribution in [3.05, 3.63) is 66.6 Å². The Morgan fingerprint density at radius 2 is 1.62 bits per heavy atom. The quantitative estimate of drug-likeness (QED) is 0.544. The molecule has 0 aliphatic rings. The highest BCUT2D eigenvalue weighted by atomic mass is 32.2. The molecule has 0 unspecified atom stereocenters. The molecular formula is C22H20N2O4S. The number of aliphatic hydroxyl groups is 1. The van der Waals surface area contributed by atoms with Gasteiger partial charge >= 0.3 is 0 Å². The van der Waals surface area contributed by atoms with E-state index in [0.29, 0.717) is 22.6 Å². The summed E-state index contributed by atoms with van der Waals surface area (Å²) in [6, 6.07) is 13.9. The summed E-state index contributed by atoms with van der Waals surface area (Å²) in [4.78, 5) is 8.90. The van der Waals surface area contributed by atoms with Crippen molar-refractivity contribution in [2.24, 2.45) is 0 Å². The monoisotopic (exact) mass is 408 g/mol. The molecule has 4 aromatic rings. The maximum Gasteiger partial charge on any atom is 0.175 e. The Morgan fingerprint density at radius 1 is 0.931 bits per heavy atom. The van der Waals surface area contributed by atoms with Gasteiger partial charge in [-0.05, 0) is 61.9 Å². The maximum absolute atomic E-state index is 11.7. The van der Waals surface area contributed by atoms with Crippen LogP contribution < -0.4 is 0 Å². The third-order valence-corrected chi connectivity index (χ3v) is 5.81. The Kier molecular flexibility index (Phi) is 4.52. The summed E-state index contributed by atoms with van der Waals surface area (Å²) in [7, 11) is -3.25. The molecule has 3 aromatic heterocycles. The van der Waals surface area contributed by atoms with Crippen molar-refractivity contribution >= 4 is 20.9 Å². The van der Waals surface area contributed by atoms with Crippen molar-refractivity contribution in [3.8, 4) is 22.5 Å². The predicted molar refractivity (Wildman–Crippen MR) is 111 cm³/mol. The van der Waals surface area contributed by atoms with E-state index in [4.69, 9.17) is 4.42 Å². The number of aromatic nitrogens is 2. The first-order chi connectivity index (χ1) is 13.6. The van der Waals surface area contributed by atoms with Crippen LogP contribution in [0.4, 0.5) is 0 Å². The van der Waals surface area contributed by atoms with Gasteiger partial charge < -0.3 is 9.52 Å². The average Bonchev–Trinajstić information content (AvgIpc) is 3.11. The van der Waals surface area contributed by atoms with Crippen LogP contribution in [0.2, 0.25) is 0 Å². The number of nitrogens with zero attached hydrogens (tertiary/aromatic N) is 2. The lowest BCUT2D eigenvalue weighted by atomic mass is 10.00. The van der Waals surface area contributed by atoms with Gasteiger partial charge in [-0.25, -0.2) is 8.42 Å². The van der Waals surface area contributed by atoms with Crippen molar-refractivity contribution in [2.45, 2.75) is 24.3 Å². The van der Waals surface area contributed by atoms with Crippen LogP contribution in [0.3, 0.4) is 0 Å². The normalized spacial score (nSPS) is 12.4. The molecule has 0 saturated heterocycles. The number of hydrogen-bond acceptors (Lipinski definition) is 6. The van der Waals surface area contributed by atoms with Gasteiger partial charge in [-0.3, -0.25) is 9.97 Å². The fourth-order valence-electron chi connectivity index (χ4n) is 3.11. The largest absolute Gasteiger partial charge is 0.454 e. The lowest BCUT2D eigenvalue weighted by molar-refractivity contribution is 0.0739. The van der Waals surface area contributed by atoms with Gasteiger partial charge in [0.1, 0.15) is 16.9 Å². The van der Waals surface area contributed by atoms with Crippen LogP contribution in [0.25, 0.3) is 33.6 Å². The van der Waals surface area contributed by atoms with Crippen molar-refractivity contribution in [1.82, 2.24) is 9.97 Å². The molecule has 0 aliphatic carbocycles. The van der Waals surface area contributed by atoms with Crippen LogP contribution in [0.5, 0.6) is 0 Å².